The highest BCUT2D eigenvalue weighted by Gasteiger charge is 2.42. The highest BCUT2D eigenvalue weighted by Crippen LogP contribution is 2.36. The maximum absolute atomic E-state index is 12.0. The third kappa shape index (κ3) is 16.8. The van der Waals surface area contributed by atoms with Crippen molar-refractivity contribution in [1.82, 2.24) is 0 Å². The average molecular weight is 691 g/mol. The van der Waals surface area contributed by atoms with Crippen LogP contribution in [-0.2, 0) is 38.1 Å². The first-order valence-electron chi connectivity index (χ1n) is 20.3. The Bertz CT molecular complexity index is 979. The Hall–Kier alpha value is -1.93. The summed E-state index contributed by atoms with van der Waals surface area (Å²) < 4.78 is 29.7. The normalized spacial score (nSPS) is 24.9. The molecule has 0 aliphatic carbocycles. The van der Waals surface area contributed by atoms with Crippen molar-refractivity contribution in [2.75, 3.05) is 0 Å². The lowest BCUT2D eigenvalue weighted by atomic mass is 10.00. The van der Waals surface area contributed by atoms with Gasteiger partial charge in [-0.05, 0) is 77.2 Å². The van der Waals surface area contributed by atoms with E-state index in [9.17, 15) is 14.4 Å². The van der Waals surface area contributed by atoms with E-state index in [1.54, 1.807) is 0 Å². The van der Waals surface area contributed by atoms with E-state index >= 15 is 0 Å². The quantitative estimate of drug-likeness (QED) is 0.0477. The second-order valence-electron chi connectivity index (χ2n) is 15.0. The van der Waals surface area contributed by atoms with Crippen LogP contribution in [0.1, 0.15) is 188 Å². The van der Waals surface area contributed by atoms with Crippen LogP contribution in [0.25, 0.3) is 0 Å². The van der Waals surface area contributed by atoms with Crippen molar-refractivity contribution in [2.45, 2.75) is 231 Å². The molecule has 0 radical (unpaired) electrons. The molecule has 0 aromatic carbocycles. The highest BCUT2D eigenvalue weighted by atomic mass is 16.6. The van der Waals surface area contributed by atoms with Crippen LogP contribution in [0, 0.1) is 0 Å². The third-order valence-electron chi connectivity index (χ3n) is 10.6. The number of carbonyl (C=O) groups excluding carboxylic acids is 3. The van der Waals surface area contributed by atoms with Crippen LogP contribution in [0.5, 0.6) is 0 Å². The van der Waals surface area contributed by atoms with Gasteiger partial charge in [-0.1, -0.05) is 103 Å². The van der Waals surface area contributed by atoms with Gasteiger partial charge in [0, 0.05) is 19.4 Å². The molecule has 0 saturated carbocycles. The summed E-state index contributed by atoms with van der Waals surface area (Å²) in [4.78, 5) is 35.6. The Morgan fingerprint density at radius 2 is 1.06 bits per heavy atom. The number of unbranched alkanes of at least 4 members (excludes halogenated alkanes) is 16. The van der Waals surface area contributed by atoms with Gasteiger partial charge in [0.25, 0.3) is 0 Å². The van der Waals surface area contributed by atoms with E-state index in [0.29, 0.717) is 0 Å². The topological polar surface area (TPSA) is 97.4 Å². The second kappa shape index (κ2) is 24.3. The largest absolute Gasteiger partial charge is 0.460 e. The molecule has 7 atom stereocenters. The predicted molar refractivity (Wildman–Crippen MR) is 193 cm³/mol. The van der Waals surface area contributed by atoms with Gasteiger partial charge in [-0.3, -0.25) is 9.59 Å². The second-order valence-corrected chi connectivity index (χ2v) is 15.0. The number of hydrogen-bond donors (Lipinski definition) is 0. The van der Waals surface area contributed by atoms with Crippen molar-refractivity contribution in [3.05, 3.63) is 11.6 Å². The molecule has 0 aromatic heterocycles. The first-order chi connectivity index (χ1) is 23.8. The van der Waals surface area contributed by atoms with E-state index < -0.39 is 0 Å². The van der Waals surface area contributed by atoms with E-state index in [-0.39, 0.29) is 60.6 Å². The fourth-order valence-corrected chi connectivity index (χ4v) is 7.91. The molecule has 0 N–H and O–H groups in total. The molecule has 0 bridgehead atoms. The molecule has 0 amide bonds. The molecule has 8 heteroatoms. The fourth-order valence-electron chi connectivity index (χ4n) is 7.91. The van der Waals surface area contributed by atoms with Crippen LogP contribution in [0.3, 0.4) is 0 Å². The molecule has 2 fully saturated rings. The number of cyclic esters (lactones) is 1. The molecule has 282 valence electrons. The minimum absolute atomic E-state index is 0.00286. The summed E-state index contributed by atoms with van der Waals surface area (Å²) in [6, 6.07) is 0. The van der Waals surface area contributed by atoms with Gasteiger partial charge in [-0.25, -0.2) is 4.79 Å². The van der Waals surface area contributed by atoms with E-state index in [4.69, 9.17) is 23.7 Å². The number of ether oxygens (including phenoxy) is 5. The van der Waals surface area contributed by atoms with E-state index in [0.717, 1.165) is 76.2 Å². The zero-order valence-electron chi connectivity index (χ0n) is 31.6. The highest BCUT2D eigenvalue weighted by molar-refractivity contribution is 5.90. The smallest absolute Gasteiger partial charge is 0.334 e. The third-order valence-corrected chi connectivity index (χ3v) is 10.6. The van der Waals surface area contributed by atoms with Crippen LogP contribution < -0.4 is 0 Å². The molecule has 2 saturated heterocycles. The maximum atomic E-state index is 12.0. The van der Waals surface area contributed by atoms with Gasteiger partial charge in [-0.2, -0.15) is 0 Å². The number of hydrogen-bond acceptors (Lipinski definition) is 8. The molecule has 3 aliphatic heterocycles. The summed E-state index contributed by atoms with van der Waals surface area (Å²) in [7, 11) is 0. The SMILES string of the molecule is CCCCCCCCCCC(OC(C)=O)C1CCC(C2CCC(C(CCCCCCCCCCCCC3=CC(C)OC3=O)OC(C)=O)O2)O1. The van der Waals surface area contributed by atoms with Crippen molar-refractivity contribution in [3.8, 4) is 0 Å². The van der Waals surface area contributed by atoms with Gasteiger partial charge in [0.15, 0.2) is 0 Å². The van der Waals surface area contributed by atoms with Crippen molar-refractivity contribution in [2.24, 2.45) is 0 Å². The Morgan fingerprint density at radius 1 is 0.653 bits per heavy atom. The van der Waals surface area contributed by atoms with Gasteiger partial charge in [0.05, 0.1) is 24.4 Å². The lowest BCUT2D eigenvalue weighted by molar-refractivity contribution is -0.164. The van der Waals surface area contributed by atoms with Crippen molar-refractivity contribution in [3.63, 3.8) is 0 Å². The zero-order valence-corrected chi connectivity index (χ0v) is 31.6. The minimum atomic E-state index is -0.242. The first-order valence-corrected chi connectivity index (χ1v) is 20.3. The minimum Gasteiger partial charge on any atom is -0.460 e. The lowest BCUT2D eigenvalue weighted by Crippen LogP contribution is -2.35. The van der Waals surface area contributed by atoms with Crippen LogP contribution in [0.2, 0.25) is 0 Å². The predicted octanol–water partition coefficient (Wildman–Crippen LogP) is 10.0. The zero-order chi connectivity index (χ0) is 35.3. The van der Waals surface area contributed by atoms with Gasteiger partial charge in [-0.15, -0.1) is 0 Å². The van der Waals surface area contributed by atoms with E-state index in [1.807, 2.05) is 13.0 Å². The van der Waals surface area contributed by atoms with E-state index in [2.05, 4.69) is 6.92 Å². The Balaban J connectivity index is 1.27. The summed E-state index contributed by atoms with van der Waals surface area (Å²) >= 11 is 0. The maximum Gasteiger partial charge on any atom is 0.334 e. The molecule has 0 aromatic rings. The number of carbonyl (C=O) groups is 3. The fraction of sp³-hybridized carbons (Fsp3) is 0.878. The molecular formula is C41H70O8. The molecule has 49 heavy (non-hydrogen) atoms. The molecular weight excluding hydrogens is 620 g/mol. The van der Waals surface area contributed by atoms with Gasteiger partial charge >= 0.3 is 17.9 Å². The van der Waals surface area contributed by atoms with Crippen LogP contribution in [0.15, 0.2) is 11.6 Å². The van der Waals surface area contributed by atoms with E-state index in [1.165, 1.54) is 104 Å². The van der Waals surface area contributed by atoms with Gasteiger partial charge < -0.3 is 23.7 Å². The van der Waals surface area contributed by atoms with Crippen LogP contribution in [-0.4, -0.2) is 60.6 Å². The van der Waals surface area contributed by atoms with Crippen LogP contribution in [0.4, 0.5) is 0 Å². The Kier molecular flexibility index (Phi) is 20.6. The standard InChI is InChI=1S/C41H70O8/c1-5-6-7-8-9-15-18-21-24-35(46-32(3)42)37-26-28-39(48-37)40-29-27-38(49-40)36(47-33(4)43)25-22-19-16-13-11-10-12-14-17-20-23-34-30-31(2)45-41(34)44/h30-31,35-40H,5-29H2,1-4H3. The molecule has 0 spiro atoms. The lowest BCUT2D eigenvalue weighted by Gasteiger charge is -2.27. The van der Waals surface area contributed by atoms with Crippen molar-refractivity contribution < 1.29 is 38.1 Å². The summed E-state index contributed by atoms with van der Waals surface area (Å²) in [5.74, 6) is -0.605. The molecule has 3 heterocycles. The summed E-state index contributed by atoms with van der Waals surface area (Å²) in [6.45, 7) is 7.14. The summed E-state index contributed by atoms with van der Waals surface area (Å²) in [6.07, 6.45) is 29.3. The molecule has 3 aliphatic rings. The monoisotopic (exact) mass is 691 g/mol. The van der Waals surface area contributed by atoms with Gasteiger partial charge in [0.2, 0.25) is 0 Å². The number of esters is 3. The Labute approximate surface area is 298 Å². The number of rotatable bonds is 27. The average Bonchev–Trinajstić information content (AvgIpc) is 3.81. The van der Waals surface area contributed by atoms with Crippen molar-refractivity contribution in [1.29, 1.82) is 0 Å². The summed E-state index contributed by atoms with van der Waals surface area (Å²) in [5, 5.41) is 0. The first kappa shape index (κ1) is 41.5. The summed E-state index contributed by atoms with van der Waals surface area (Å²) in [5.41, 5.74) is 0.856. The molecule has 8 nitrogen and oxygen atoms in total. The van der Waals surface area contributed by atoms with Crippen LogP contribution >= 0.6 is 0 Å². The molecule has 7 unspecified atom stereocenters. The Morgan fingerprint density at radius 3 is 1.45 bits per heavy atom. The molecule has 3 rings (SSSR count). The van der Waals surface area contributed by atoms with Gasteiger partial charge in [0.1, 0.15) is 18.3 Å². The van der Waals surface area contributed by atoms with Crippen molar-refractivity contribution >= 4 is 17.9 Å².